The average Bonchev–Trinajstić information content (AvgIpc) is 2.46. The summed E-state index contributed by atoms with van der Waals surface area (Å²) in [5, 5.41) is -0.369. The number of nitrogens with zero attached hydrogens (tertiary/aromatic N) is 1. The molecule has 0 aliphatic carbocycles. The summed E-state index contributed by atoms with van der Waals surface area (Å²) in [5.41, 5.74) is 1.58. The van der Waals surface area contributed by atoms with Crippen molar-refractivity contribution in [2.45, 2.75) is 24.8 Å². The molecule has 0 aliphatic rings. The number of pyridine rings is 1. The SMILES string of the molecule is CC(c1ccccn1)C(Cl)c1cccc(OC(F)F)c1. The maximum atomic E-state index is 12.2. The number of alkyl halides is 3. The second-order valence-corrected chi connectivity index (χ2v) is 4.87. The van der Waals surface area contributed by atoms with Gasteiger partial charge in [-0.25, -0.2) is 0 Å². The third kappa shape index (κ3) is 3.67. The van der Waals surface area contributed by atoms with Crippen LogP contribution in [-0.4, -0.2) is 11.6 Å². The van der Waals surface area contributed by atoms with Crippen molar-refractivity contribution in [1.82, 2.24) is 4.98 Å². The van der Waals surface area contributed by atoms with Gasteiger partial charge in [-0.1, -0.05) is 25.1 Å². The van der Waals surface area contributed by atoms with Crippen molar-refractivity contribution in [2.24, 2.45) is 0 Å². The summed E-state index contributed by atoms with van der Waals surface area (Å²) < 4.78 is 28.8. The number of aromatic nitrogens is 1. The summed E-state index contributed by atoms with van der Waals surface area (Å²) in [6.07, 6.45) is 1.70. The molecule has 0 N–H and O–H groups in total. The van der Waals surface area contributed by atoms with Gasteiger partial charge in [-0.15, -0.1) is 11.6 Å². The fourth-order valence-corrected chi connectivity index (χ4v) is 2.21. The van der Waals surface area contributed by atoms with E-state index in [1.807, 2.05) is 25.1 Å². The molecule has 2 aromatic rings. The van der Waals surface area contributed by atoms with Crippen molar-refractivity contribution in [1.29, 1.82) is 0 Å². The van der Waals surface area contributed by atoms with Crippen LogP contribution in [0.5, 0.6) is 5.75 Å². The third-order valence-corrected chi connectivity index (χ3v) is 3.62. The van der Waals surface area contributed by atoms with Crippen LogP contribution in [0.3, 0.4) is 0 Å². The average molecular weight is 298 g/mol. The van der Waals surface area contributed by atoms with Gasteiger partial charge < -0.3 is 4.74 Å². The van der Waals surface area contributed by atoms with Crippen LogP contribution in [-0.2, 0) is 0 Å². The first-order valence-electron chi connectivity index (χ1n) is 6.17. The lowest BCUT2D eigenvalue weighted by Gasteiger charge is -2.18. The summed E-state index contributed by atoms with van der Waals surface area (Å²) in [6, 6.07) is 12.0. The van der Waals surface area contributed by atoms with Crippen LogP contribution >= 0.6 is 11.6 Å². The largest absolute Gasteiger partial charge is 0.435 e. The highest BCUT2D eigenvalue weighted by Crippen LogP contribution is 2.36. The Bertz CT molecular complexity index is 551. The number of ether oxygens (including phenoxy) is 1. The Kier molecular flexibility index (Phi) is 4.90. The smallest absolute Gasteiger partial charge is 0.387 e. The molecule has 0 amide bonds. The standard InChI is InChI=1S/C15H14ClF2NO/c1-10(13-7-2-3-8-19-13)14(16)11-5-4-6-12(9-11)20-15(17)18/h2-10,14-15H,1H3. The first-order chi connectivity index (χ1) is 9.58. The molecule has 0 saturated carbocycles. The Morgan fingerprint density at radius 3 is 2.60 bits per heavy atom. The van der Waals surface area contributed by atoms with Crippen molar-refractivity contribution < 1.29 is 13.5 Å². The summed E-state index contributed by atoms with van der Waals surface area (Å²) in [4.78, 5) is 4.26. The Morgan fingerprint density at radius 1 is 1.15 bits per heavy atom. The monoisotopic (exact) mass is 297 g/mol. The summed E-state index contributed by atoms with van der Waals surface area (Å²) in [5.74, 6) is 0.0658. The maximum absolute atomic E-state index is 12.2. The first-order valence-corrected chi connectivity index (χ1v) is 6.61. The van der Waals surface area contributed by atoms with E-state index in [9.17, 15) is 8.78 Å². The lowest BCUT2D eigenvalue weighted by molar-refractivity contribution is -0.0498. The molecule has 0 fully saturated rings. The van der Waals surface area contributed by atoms with E-state index in [-0.39, 0.29) is 17.0 Å². The van der Waals surface area contributed by atoms with E-state index in [2.05, 4.69) is 9.72 Å². The summed E-state index contributed by atoms with van der Waals surface area (Å²) in [7, 11) is 0. The molecule has 0 aliphatic heterocycles. The molecule has 0 saturated heterocycles. The summed E-state index contributed by atoms with van der Waals surface area (Å²) in [6.45, 7) is -0.895. The van der Waals surface area contributed by atoms with Crippen LogP contribution in [0.1, 0.15) is 29.5 Å². The zero-order valence-corrected chi connectivity index (χ0v) is 11.6. The number of hydrogen-bond acceptors (Lipinski definition) is 2. The molecule has 0 radical (unpaired) electrons. The van der Waals surface area contributed by atoms with Crippen LogP contribution in [0, 0.1) is 0 Å². The van der Waals surface area contributed by atoms with Crippen molar-refractivity contribution in [3.8, 4) is 5.75 Å². The Labute approximate surface area is 121 Å². The lowest BCUT2D eigenvalue weighted by atomic mass is 9.97. The van der Waals surface area contributed by atoms with Gasteiger partial charge in [0.2, 0.25) is 0 Å². The fraction of sp³-hybridized carbons (Fsp3) is 0.267. The highest BCUT2D eigenvalue weighted by atomic mass is 35.5. The molecule has 1 aromatic carbocycles. The highest BCUT2D eigenvalue weighted by Gasteiger charge is 2.20. The predicted octanol–water partition coefficient (Wildman–Crippen LogP) is 4.77. The van der Waals surface area contributed by atoms with Gasteiger partial charge in [0.1, 0.15) is 5.75 Å². The summed E-state index contributed by atoms with van der Waals surface area (Å²) >= 11 is 6.42. The molecule has 2 atom stereocenters. The highest BCUT2D eigenvalue weighted by molar-refractivity contribution is 6.21. The van der Waals surface area contributed by atoms with Gasteiger partial charge in [0.25, 0.3) is 0 Å². The first kappa shape index (κ1) is 14.7. The molecule has 0 bridgehead atoms. The van der Waals surface area contributed by atoms with Crippen molar-refractivity contribution in [3.63, 3.8) is 0 Å². The van der Waals surface area contributed by atoms with Crippen LogP contribution < -0.4 is 4.74 Å². The van der Waals surface area contributed by atoms with Gasteiger partial charge in [-0.3, -0.25) is 4.98 Å². The van der Waals surface area contributed by atoms with Gasteiger partial charge in [-0.2, -0.15) is 8.78 Å². The molecule has 2 rings (SSSR count). The number of hydrogen-bond donors (Lipinski definition) is 0. The van der Waals surface area contributed by atoms with Crippen molar-refractivity contribution >= 4 is 11.6 Å². The quantitative estimate of drug-likeness (QED) is 0.742. The molecule has 1 aromatic heterocycles. The van der Waals surface area contributed by atoms with Crippen molar-refractivity contribution in [3.05, 3.63) is 59.9 Å². The van der Waals surface area contributed by atoms with Gasteiger partial charge in [0.15, 0.2) is 0 Å². The van der Waals surface area contributed by atoms with Crippen LogP contribution in [0.15, 0.2) is 48.7 Å². The van der Waals surface area contributed by atoms with E-state index in [0.29, 0.717) is 0 Å². The topological polar surface area (TPSA) is 22.1 Å². The fourth-order valence-electron chi connectivity index (χ4n) is 1.95. The Hall–Kier alpha value is -1.68. The lowest BCUT2D eigenvalue weighted by Crippen LogP contribution is -2.06. The van der Waals surface area contributed by atoms with Crippen LogP contribution in [0.25, 0.3) is 0 Å². The van der Waals surface area contributed by atoms with Crippen LogP contribution in [0.4, 0.5) is 8.78 Å². The molecule has 1 heterocycles. The molecular formula is C15H14ClF2NO. The van der Waals surface area contributed by atoms with E-state index in [4.69, 9.17) is 11.6 Å². The normalized spacial score (nSPS) is 14.1. The van der Waals surface area contributed by atoms with Gasteiger partial charge in [0, 0.05) is 17.8 Å². The minimum Gasteiger partial charge on any atom is -0.435 e. The molecular weight excluding hydrogens is 284 g/mol. The number of halogens is 3. The Morgan fingerprint density at radius 2 is 1.95 bits per heavy atom. The predicted molar refractivity (Wildman–Crippen MR) is 74.3 cm³/mol. The zero-order valence-electron chi connectivity index (χ0n) is 10.8. The minimum absolute atomic E-state index is 0.0420. The van der Waals surface area contributed by atoms with E-state index in [0.717, 1.165) is 11.3 Å². The zero-order chi connectivity index (χ0) is 14.5. The van der Waals surface area contributed by atoms with Crippen LogP contribution in [0.2, 0.25) is 0 Å². The molecule has 20 heavy (non-hydrogen) atoms. The third-order valence-electron chi connectivity index (χ3n) is 2.99. The van der Waals surface area contributed by atoms with Crippen molar-refractivity contribution in [2.75, 3.05) is 0 Å². The Balaban J connectivity index is 2.18. The minimum atomic E-state index is -2.84. The van der Waals surface area contributed by atoms with E-state index in [1.165, 1.54) is 12.1 Å². The molecule has 2 unspecified atom stereocenters. The second kappa shape index (κ2) is 6.66. The van der Waals surface area contributed by atoms with E-state index in [1.54, 1.807) is 18.3 Å². The van der Waals surface area contributed by atoms with E-state index < -0.39 is 6.61 Å². The van der Waals surface area contributed by atoms with Gasteiger partial charge in [-0.05, 0) is 29.8 Å². The number of benzene rings is 1. The van der Waals surface area contributed by atoms with Gasteiger partial charge >= 0.3 is 6.61 Å². The molecule has 5 heteroatoms. The van der Waals surface area contributed by atoms with Gasteiger partial charge in [0.05, 0.1) is 5.38 Å². The molecule has 0 spiro atoms. The molecule has 2 nitrogen and oxygen atoms in total. The molecule has 106 valence electrons. The maximum Gasteiger partial charge on any atom is 0.387 e. The second-order valence-electron chi connectivity index (χ2n) is 4.40. The van der Waals surface area contributed by atoms with E-state index >= 15 is 0 Å². The number of rotatable bonds is 5.